The molecule has 3 unspecified atom stereocenters. The lowest BCUT2D eigenvalue weighted by Crippen LogP contribution is -2.51. The van der Waals surface area contributed by atoms with Crippen molar-refractivity contribution in [3.8, 4) is 0 Å². The van der Waals surface area contributed by atoms with Crippen LogP contribution in [0.3, 0.4) is 0 Å². The van der Waals surface area contributed by atoms with Crippen LogP contribution >= 0.6 is 0 Å². The van der Waals surface area contributed by atoms with Gasteiger partial charge in [-0.3, -0.25) is 4.90 Å². The van der Waals surface area contributed by atoms with Gasteiger partial charge >= 0.3 is 0 Å². The van der Waals surface area contributed by atoms with E-state index in [1.54, 1.807) is 0 Å². The summed E-state index contributed by atoms with van der Waals surface area (Å²) in [4.78, 5) is 2.73. The lowest BCUT2D eigenvalue weighted by molar-refractivity contribution is -0.119. The molecule has 0 N–H and O–H groups in total. The number of hydrogen-bond acceptors (Lipinski definition) is 2. The van der Waals surface area contributed by atoms with Crippen LogP contribution in [0.25, 0.3) is 0 Å². The molecule has 0 aromatic heterocycles. The Labute approximate surface area is 145 Å². The first-order chi connectivity index (χ1) is 11.8. The lowest BCUT2D eigenvalue weighted by Gasteiger charge is -2.49. The summed E-state index contributed by atoms with van der Waals surface area (Å²) < 4.78 is 6.49. The van der Waals surface area contributed by atoms with Gasteiger partial charge in [-0.25, -0.2) is 0 Å². The fourth-order valence-electron chi connectivity index (χ4n) is 4.47. The number of aryl methyl sites for hydroxylation is 2. The fourth-order valence-corrected chi connectivity index (χ4v) is 4.47. The number of hydrogen-bond donors (Lipinski definition) is 0. The van der Waals surface area contributed by atoms with E-state index in [2.05, 4.69) is 67.3 Å². The van der Waals surface area contributed by atoms with Crippen molar-refractivity contribution in [2.24, 2.45) is 0 Å². The number of nitrogens with zero attached hydrogens (tertiary/aromatic N) is 1. The summed E-state index contributed by atoms with van der Waals surface area (Å²) in [6.07, 6.45) is 4.03. The predicted molar refractivity (Wildman–Crippen MR) is 98.1 cm³/mol. The summed E-state index contributed by atoms with van der Waals surface area (Å²) in [7, 11) is 0. The molecule has 2 heteroatoms. The van der Waals surface area contributed by atoms with Crippen LogP contribution in [0.15, 0.2) is 48.5 Å². The number of morpholine rings is 1. The third kappa shape index (κ3) is 2.78. The van der Waals surface area contributed by atoms with Gasteiger partial charge in [0.15, 0.2) is 0 Å². The van der Waals surface area contributed by atoms with Gasteiger partial charge in [0.25, 0.3) is 0 Å². The van der Waals surface area contributed by atoms with Gasteiger partial charge < -0.3 is 4.74 Å². The first-order valence-corrected chi connectivity index (χ1v) is 9.24. The van der Waals surface area contributed by atoms with Gasteiger partial charge in [-0.05, 0) is 55.5 Å². The van der Waals surface area contributed by atoms with Crippen molar-refractivity contribution in [1.82, 2.24) is 4.90 Å². The molecule has 2 nitrogen and oxygen atoms in total. The molecule has 126 valence electrons. The van der Waals surface area contributed by atoms with Crippen molar-refractivity contribution in [3.63, 3.8) is 0 Å². The molecule has 0 aliphatic carbocycles. The summed E-state index contributed by atoms with van der Waals surface area (Å²) >= 11 is 0. The number of piperidine rings is 1. The highest BCUT2D eigenvalue weighted by Gasteiger charge is 2.41. The van der Waals surface area contributed by atoms with E-state index >= 15 is 0 Å². The van der Waals surface area contributed by atoms with E-state index in [1.165, 1.54) is 48.1 Å². The molecular formula is C22H27NO. The van der Waals surface area contributed by atoms with Crippen LogP contribution in [-0.2, 0) is 4.74 Å². The third-order valence-electron chi connectivity index (χ3n) is 5.79. The topological polar surface area (TPSA) is 12.5 Å². The SMILES string of the molecule is Cc1ccccc1C1OCC2CCCCN2C1c1ccccc1C. The van der Waals surface area contributed by atoms with Gasteiger partial charge in [-0.15, -0.1) is 0 Å². The van der Waals surface area contributed by atoms with E-state index in [-0.39, 0.29) is 6.10 Å². The fraction of sp³-hybridized carbons (Fsp3) is 0.455. The number of rotatable bonds is 2. The van der Waals surface area contributed by atoms with E-state index in [1.807, 2.05) is 0 Å². The highest BCUT2D eigenvalue weighted by molar-refractivity contribution is 5.36. The molecule has 2 heterocycles. The Morgan fingerprint density at radius 1 is 0.875 bits per heavy atom. The Hall–Kier alpha value is -1.64. The number of fused-ring (bicyclic) bond motifs is 1. The first kappa shape index (κ1) is 15.9. The first-order valence-electron chi connectivity index (χ1n) is 9.24. The van der Waals surface area contributed by atoms with E-state index in [4.69, 9.17) is 4.74 Å². The quantitative estimate of drug-likeness (QED) is 0.774. The van der Waals surface area contributed by atoms with Gasteiger partial charge in [0.05, 0.1) is 12.6 Å². The Morgan fingerprint density at radius 3 is 2.25 bits per heavy atom. The van der Waals surface area contributed by atoms with Crippen molar-refractivity contribution in [2.45, 2.75) is 51.3 Å². The standard InChI is InChI=1S/C22H27NO/c1-16-9-3-5-12-19(16)21-22(20-13-6-4-10-17(20)2)24-15-18-11-7-8-14-23(18)21/h3-6,9-10,12-13,18,21-22H,7-8,11,14-15H2,1-2H3. The van der Waals surface area contributed by atoms with Crippen LogP contribution in [0.2, 0.25) is 0 Å². The van der Waals surface area contributed by atoms with Crippen LogP contribution in [0.4, 0.5) is 0 Å². The summed E-state index contributed by atoms with van der Waals surface area (Å²) in [5.41, 5.74) is 5.47. The van der Waals surface area contributed by atoms with Crippen molar-refractivity contribution in [1.29, 1.82) is 0 Å². The highest BCUT2D eigenvalue weighted by atomic mass is 16.5. The van der Waals surface area contributed by atoms with E-state index < -0.39 is 0 Å². The van der Waals surface area contributed by atoms with Crippen LogP contribution in [0.1, 0.15) is 53.7 Å². The molecule has 2 saturated heterocycles. The zero-order chi connectivity index (χ0) is 16.5. The summed E-state index contributed by atoms with van der Waals surface area (Å²) in [5, 5.41) is 0. The molecule has 3 atom stereocenters. The van der Waals surface area contributed by atoms with Crippen molar-refractivity contribution in [2.75, 3.05) is 13.2 Å². The zero-order valence-electron chi connectivity index (χ0n) is 14.7. The molecule has 0 bridgehead atoms. The molecule has 0 amide bonds. The maximum absolute atomic E-state index is 6.49. The van der Waals surface area contributed by atoms with Gasteiger partial charge in [0, 0.05) is 6.04 Å². The maximum atomic E-state index is 6.49. The monoisotopic (exact) mass is 321 g/mol. The van der Waals surface area contributed by atoms with Gasteiger partial charge in [-0.1, -0.05) is 55.0 Å². The molecule has 0 saturated carbocycles. The van der Waals surface area contributed by atoms with Gasteiger partial charge in [0.2, 0.25) is 0 Å². The molecule has 0 radical (unpaired) electrons. The average Bonchev–Trinajstić information content (AvgIpc) is 2.62. The Morgan fingerprint density at radius 2 is 1.54 bits per heavy atom. The Kier molecular flexibility index (Phi) is 4.43. The van der Waals surface area contributed by atoms with Gasteiger partial charge in [-0.2, -0.15) is 0 Å². The van der Waals surface area contributed by atoms with E-state index in [9.17, 15) is 0 Å². The normalized spacial score (nSPS) is 27.7. The third-order valence-corrected chi connectivity index (χ3v) is 5.79. The molecule has 2 aliphatic rings. The maximum Gasteiger partial charge on any atom is 0.102 e. The Balaban J connectivity index is 1.80. The highest BCUT2D eigenvalue weighted by Crippen LogP contribution is 2.45. The molecule has 0 spiro atoms. The minimum atomic E-state index is 0.127. The zero-order valence-corrected chi connectivity index (χ0v) is 14.7. The number of ether oxygens (including phenoxy) is 1. The molecule has 2 aromatic rings. The van der Waals surface area contributed by atoms with E-state index in [0.29, 0.717) is 12.1 Å². The molecule has 2 aromatic carbocycles. The predicted octanol–water partition coefficient (Wildman–Crippen LogP) is 4.97. The molecule has 4 rings (SSSR count). The smallest absolute Gasteiger partial charge is 0.102 e. The van der Waals surface area contributed by atoms with Gasteiger partial charge in [0.1, 0.15) is 6.10 Å². The minimum absolute atomic E-state index is 0.127. The largest absolute Gasteiger partial charge is 0.370 e. The second-order valence-corrected chi connectivity index (χ2v) is 7.30. The van der Waals surface area contributed by atoms with Crippen molar-refractivity contribution in [3.05, 3.63) is 70.8 Å². The Bertz CT molecular complexity index is 711. The van der Waals surface area contributed by atoms with Crippen LogP contribution in [0, 0.1) is 13.8 Å². The second-order valence-electron chi connectivity index (χ2n) is 7.30. The van der Waals surface area contributed by atoms with Crippen LogP contribution in [-0.4, -0.2) is 24.1 Å². The van der Waals surface area contributed by atoms with E-state index in [0.717, 1.165) is 6.61 Å². The number of benzene rings is 2. The van der Waals surface area contributed by atoms with Crippen LogP contribution in [0.5, 0.6) is 0 Å². The second kappa shape index (κ2) is 6.70. The minimum Gasteiger partial charge on any atom is -0.370 e. The average molecular weight is 321 g/mol. The summed E-state index contributed by atoms with van der Waals surface area (Å²) in [6.45, 7) is 6.49. The van der Waals surface area contributed by atoms with Crippen molar-refractivity contribution >= 4 is 0 Å². The summed E-state index contributed by atoms with van der Waals surface area (Å²) in [6, 6.07) is 18.4. The molecular weight excluding hydrogens is 294 g/mol. The lowest BCUT2D eigenvalue weighted by atomic mass is 9.85. The molecule has 2 aliphatic heterocycles. The summed E-state index contributed by atoms with van der Waals surface area (Å²) in [5.74, 6) is 0. The molecule has 24 heavy (non-hydrogen) atoms. The molecule has 2 fully saturated rings. The van der Waals surface area contributed by atoms with Crippen molar-refractivity contribution < 1.29 is 4.74 Å². The van der Waals surface area contributed by atoms with Crippen LogP contribution < -0.4 is 0 Å².